The van der Waals surface area contributed by atoms with Gasteiger partial charge in [-0.1, -0.05) is 0 Å². The molecule has 1 N–H and O–H groups in total. The standard InChI is InChI=1S/C11H14BrN3O2S/c1-11(2,3)17-10(16)15-7(5-13)4-9-14-6-8(12)18-9/h6-7H,4H2,1-3H3,(H,15,16)/t7-/m0/s1. The molecule has 0 fully saturated rings. The molecule has 0 bridgehead atoms. The molecule has 7 heteroatoms. The SMILES string of the molecule is CC(C)(C)OC(=O)N[C@H](C#N)Cc1ncc(Br)s1. The normalized spacial score (nSPS) is 12.6. The van der Waals surface area contributed by atoms with E-state index in [2.05, 4.69) is 26.2 Å². The molecule has 0 aliphatic heterocycles. The number of rotatable bonds is 3. The Labute approximate surface area is 118 Å². The molecule has 1 atom stereocenters. The molecule has 1 rings (SSSR count). The number of hydrogen-bond acceptors (Lipinski definition) is 5. The van der Waals surface area contributed by atoms with Crippen molar-refractivity contribution in [2.75, 3.05) is 0 Å². The predicted octanol–water partition coefficient (Wildman–Crippen LogP) is 2.86. The van der Waals surface area contributed by atoms with Gasteiger partial charge in [-0.2, -0.15) is 5.26 Å². The van der Waals surface area contributed by atoms with Crippen molar-refractivity contribution >= 4 is 33.4 Å². The maximum atomic E-state index is 11.5. The summed E-state index contributed by atoms with van der Waals surface area (Å²) in [5.74, 6) is 0. The summed E-state index contributed by atoms with van der Waals surface area (Å²) in [5.41, 5.74) is -0.575. The number of hydrogen-bond donors (Lipinski definition) is 1. The molecule has 0 saturated heterocycles. The van der Waals surface area contributed by atoms with Gasteiger partial charge in [-0.3, -0.25) is 0 Å². The smallest absolute Gasteiger partial charge is 0.408 e. The van der Waals surface area contributed by atoms with Crippen LogP contribution in [0.4, 0.5) is 4.79 Å². The summed E-state index contributed by atoms with van der Waals surface area (Å²) in [7, 11) is 0. The van der Waals surface area contributed by atoms with Crippen LogP contribution in [0.3, 0.4) is 0 Å². The predicted molar refractivity (Wildman–Crippen MR) is 72.3 cm³/mol. The number of aromatic nitrogens is 1. The Bertz CT molecular complexity index is 462. The van der Waals surface area contributed by atoms with Crippen LogP contribution >= 0.6 is 27.3 Å². The lowest BCUT2D eigenvalue weighted by atomic mass is 10.2. The molecule has 98 valence electrons. The van der Waals surface area contributed by atoms with Gasteiger partial charge in [0.05, 0.1) is 21.1 Å². The quantitative estimate of drug-likeness (QED) is 0.923. The lowest BCUT2D eigenvalue weighted by Crippen LogP contribution is -2.39. The third-order valence-electron chi connectivity index (χ3n) is 1.75. The molecular formula is C11H14BrN3O2S. The molecular weight excluding hydrogens is 318 g/mol. The van der Waals surface area contributed by atoms with Crippen molar-refractivity contribution in [3.63, 3.8) is 0 Å². The van der Waals surface area contributed by atoms with Crippen LogP contribution in [0.15, 0.2) is 9.98 Å². The summed E-state index contributed by atoms with van der Waals surface area (Å²) in [5, 5.41) is 12.3. The maximum absolute atomic E-state index is 11.5. The van der Waals surface area contributed by atoms with Crippen molar-refractivity contribution in [1.82, 2.24) is 10.3 Å². The molecule has 0 aliphatic rings. The summed E-state index contributed by atoms with van der Waals surface area (Å²) in [4.78, 5) is 15.6. The highest BCUT2D eigenvalue weighted by molar-refractivity contribution is 9.11. The van der Waals surface area contributed by atoms with Crippen LogP contribution in [0.1, 0.15) is 25.8 Å². The monoisotopic (exact) mass is 331 g/mol. The lowest BCUT2D eigenvalue weighted by Gasteiger charge is -2.20. The number of amides is 1. The van der Waals surface area contributed by atoms with Crippen LogP contribution in [0.5, 0.6) is 0 Å². The van der Waals surface area contributed by atoms with Crippen molar-refractivity contribution in [3.8, 4) is 6.07 Å². The Kier molecular flexibility index (Phi) is 5.11. The van der Waals surface area contributed by atoms with E-state index in [9.17, 15) is 4.79 Å². The highest BCUT2D eigenvalue weighted by atomic mass is 79.9. The Morgan fingerprint density at radius 2 is 2.39 bits per heavy atom. The molecule has 0 radical (unpaired) electrons. The van der Waals surface area contributed by atoms with Crippen molar-refractivity contribution in [2.24, 2.45) is 0 Å². The third kappa shape index (κ3) is 5.47. The minimum absolute atomic E-state index is 0.367. The van der Waals surface area contributed by atoms with Crippen LogP contribution in [-0.2, 0) is 11.2 Å². The first kappa shape index (κ1) is 14.9. The summed E-state index contributed by atoms with van der Waals surface area (Å²) in [6.45, 7) is 5.31. The molecule has 1 aromatic heterocycles. The van der Waals surface area contributed by atoms with Crippen molar-refractivity contribution in [2.45, 2.75) is 38.8 Å². The molecule has 0 aliphatic carbocycles. The zero-order valence-corrected chi connectivity index (χ0v) is 12.8. The number of ether oxygens (including phenoxy) is 1. The van der Waals surface area contributed by atoms with E-state index in [4.69, 9.17) is 10.00 Å². The van der Waals surface area contributed by atoms with E-state index in [-0.39, 0.29) is 0 Å². The average molecular weight is 332 g/mol. The van der Waals surface area contributed by atoms with Gasteiger partial charge in [0, 0.05) is 6.42 Å². The number of nitriles is 1. The molecule has 1 aromatic rings. The second kappa shape index (κ2) is 6.16. The molecule has 0 saturated carbocycles. The van der Waals surface area contributed by atoms with Crippen LogP contribution in [0.2, 0.25) is 0 Å². The van der Waals surface area contributed by atoms with E-state index in [1.807, 2.05) is 6.07 Å². The minimum atomic E-state index is -0.641. The van der Waals surface area contributed by atoms with Crippen LogP contribution < -0.4 is 5.32 Å². The van der Waals surface area contributed by atoms with E-state index in [1.54, 1.807) is 27.0 Å². The van der Waals surface area contributed by atoms with Crippen molar-refractivity contribution in [1.29, 1.82) is 5.26 Å². The fourth-order valence-corrected chi connectivity index (χ4v) is 2.48. The summed E-state index contributed by atoms with van der Waals surface area (Å²) >= 11 is 4.73. The molecule has 1 amide bonds. The Morgan fingerprint density at radius 3 is 2.83 bits per heavy atom. The van der Waals surface area contributed by atoms with E-state index >= 15 is 0 Å². The Hall–Kier alpha value is -1.13. The van der Waals surface area contributed by atoms with Gasteiger partial charge in [0.1, 0.15) is 11.6 Å². The molecule has 5 nitrogen and oxygen atoms in total. The number of alkyl carbamates (subject to hydrolysis) is 1. The van der Waals surface area contributed by atoms with Crippen molar-refractivity contribution in [3.05, 3.63) is 15.0 Å². The molecule has 18 heavy (non-hydrogen) atoms. The van der Waals surface area contributed by atoms with Crippen LogP contribution in [-0.4, -0.2) is 22.7 Å². The Morgan fingerprint density at radius 1 is 1.72 bits per heavy atom. The van der Waals surface area contributed by atoms with E-state index in [0.29, 0.717) is 6.42 Å². The summed E-state index contributed by atoms with van der Waals surface area (Å²) in [6, 6.07) is 1.38. The van der Waals surface area contributed by atoms with Crippen LogP contribution in [0, 0.1) is 11.3 Å². The molecule has 1 heterocycles. The fraction of sp³-hybridized carbons (Fsp3) is 0.545. The number of carbonyl (C=O) groups is 1. The summed E-state index contributed by atoms with van der Waals surface area (Å²) in [6.07, 6.45) is 1.44. The summed E-state index contributed by atoms with van der Waals surface area (Å²) < 4.78 is 5.98. The number of thiazole rings is 1. The van der Waals surface area contributed by atoms with Gasteiger partial charge in [-0.15, -0.1) is 11.3 Å². The van der Waals surface area contributed by atoms with Gasteiger partial charge in [-0.25, -0.2) is 9.78 Å². The highest BCUT2D eigenvalue weighted by Crippen LogP contribution is 2.20. The van der Waals surface area contributed by atoms with Gasteiger partial charge in [0.15, 0.2) is 0 Å². The zero-order valence-electron chi connectivity index (χ0n) is 10.4. The van der Waals surface area contributed by atoms with Gasteiger partial charge in [-0.05, 0) is 36.7 Å². The highest BCUT2D eigenvalue weighted by Gasteiger charge is 2.20. The largest absolute Gasteiger partial charge is 0.444 e. The van der Waals surface area contributed by atoms with Crippen molar-refractivity contribution < 1.29 is 9.53 Å². The number of halogens is 1. The van der Waals surface area contributed by atoms with Gasteiger partial charge in [0.25, 0.3) is 0 Å². The Balaban J connectivity index is 2.53. The molecule has 0 unspecified atom stereocenters. The van der Waals surface area contributed by atoms with E-state index < -0.39 is 17.7 Å². The second-order valence-corrected chi connectivity index (χ2v) is 7.08. The third-order valence-corrected chi connectivity index (χ3v) is 3.25. The fourth-order valence-electron chi connectivity index (χ4n) is 1.14. The first-order chi connectivity index (χ1) is 8.30. The van der Waals surface area contributed by atoms with Gasteiger partial charge in [0.2, 0.25) is 0 Å². The van der Waals surface area contributed by atoms with Crippen LogP contribution in [0.25, 0.3) is 0 Å². The molecule has 0 spiro atoms. The average Bonchev–Trinajstić information content (AvgIpc) is 2.60. The first-order valence-corrected chi connectivity index (χ1v) is 6.90. The first-order valence-electron chi connectivity index (χ1n) is 5.29. The van der Waals surface area contributed by atoms with E-state index in [1.165, 1.54) is 11.3 Å². The lowest BCUT2D eigenvalue weighted by molar-refractivity contribution is 0.0516. The number of carbonyl (C=O) groups excluding carboxylic acids is 1. The second-order valence-electron chi connectivity index (χ2n) is 4.59. The van der Waals surface area contributed by atoms with Gasteiger partial charge >= 0.3 is 6.09 Å². The number of nitrogens with zero attached hydrogens (tertiary/aromatic N) is 2. The number of nitrogens with one attached hydrogen (secondary N) is 1. The van der Waals surface area contributed by atoms with Gasteiger partial charge < -0.3 is 10.1 Å². The topological polar surface area (TPSA) is 75.0 Å². The van der Waals surface area contributed by atoms with E-state index in [0.717, 1.165) is 8.79 Å². The minimum Gasteiger partial charge on any atom is -0.444 e. The maximum Gasteiger partial charge on any atom is 0.408 e. The molecule has 0 aromatic carbocycles. The zero-order chi connectivity index (χ0) is 13.8.